The monoisotopic (exact) mass is 564 g/mol. The van der Waals surface area contributed by atoms with Gasteiger partial charge < -0.3 is 20.4 Å². The second-order valence-electron chi connectivity index (χ2n) is 8.71. The summed E-state index contributed by atoms with van der Waals surface area (Å²) in [4.78, 5) is 31.6. The number of aromatic nitrogens is 2. The molecule has 0 aliphatic carbocycles. The summed E-state index contributed by atoms with van der Waals surface area (Å²) in [6, 6.07) is 0.474. The lowest BCUT2D eigenvalue weighted by Gasteiger charge is -2.24. The molecule has 0 bridgehead atoms. The smallest absolute Gasteiger partial charge is 0.389 e. The first-order valence-electron chi connectivity index (χ1n) is 11.0. The summed E-state index contributed by atoms with van der Waals surface area (Å²) in [6.07, 6.45) is -6.64. The quantitative estimate of drug-likeness (QED) is 0.325. The van der Waals surface area contributed by atoms with Gasteiger partial charge in [-0.3, -0.25) is 14.2 Å². The third kappa shape index (κ3) is 5.15. The van der Waals surface area contributed by atoms with Crippen molar-refractivity contribution in [1.29, 1.82) is 0 Å². The van der Waals surface area contributed by atoms with E-state index in [-0.39, 0.29) is 18.9 Å². The number of nitrogens with zero attached hydrogens (tertiary/aromatic N) is 3. The van der Waals surface area contributed by atoms with Crippen LogP contribution in [0.3, 0.4) is 0 Å². The lowest BCUT2D eigenvalue weighted by molar-refractivity contribution is -0.152. The van der Waals surface area contributed by atoms with Crippen molar-refractivity contribution in [3.8, 4) is 5.69 Å². The molecule has 0 saturated carbocycles. The van der Waals surface area contributed by atoms with Gasteiger partial charge in [0.15, 0.2) is 17.3 Å². The summed E-state index contributed by atoms with van der Waals surface area (Å²) >= 11 is 5.58. The molecule has 0 spiro atoms. The van der Waals surface area contributed by atoms with E-state index in [4.69, 9.17) is 11.6 Å². The largest absolute Gasteiger partial charge is 0.410 e. The number of fused-ring (bicyclic) bond motifs is 1. The normalized spacial score (nSPS) is 19.6. The molecule has 4 rings (SSSR count). The van der Waals surface area contributed by atoms with Crippen LogP contribution in [-0.4, -0.2) is 68.6 Å². The van der Waals surface area contributed by atoms with E-state index in [0.29, 0.717) is 22.9 Å². The zero-order valence-corrected chi connectivity index (χ0v) is 20.1. The second kappa shape index (κ2) is 10.1. The van der Waals surface area contributed by atoms with Crippen molar-refractivity contribution in [3.63, 3.8) is 0 Å². The summed E-state index contributed by atoms with van der Waals surface area (Å²) in [5.41, 5.74) is -3.42. The van der Waals surface area contributed by atoms with Crippen molar-refractivity contribution in [3.05, 3.63) is 63.7 Å². The fourth-order valence-electron chi connectivity index (χ4n) is 4.10. The second-order valence-corrected chi connectivity index (χ2v) is 9.40. The zero-order chi connectivity index (χ0) is 28.1. The summed E-state index contributed by atoms with van der Waals surface area (Å²) in [5, 5.41) is 19.3. The highest BCUT2D eigenvalue weighted by Crippen LogP contribution is 2.28. The van der Waals surface area contributed by atoms with Crippen molar-refractivity contribution in [2.75, 3.05) is 18.0 Å². The average molecular weight is 565 g/mol. The van der Waals surface area contributed by atoms with E-state index in [1.165, 1.54) is 11.0 Å². The number of rotatable bonds is 5. The number of alkyl halides is 4. The zero-order valence-electron chi connectivity index (χ0n) is 19.3. The van der Waals surface area contributed by atoms with E-state index in [1.54, 1.807) is 5.32 Å². The average Bonchev–Trinajstić information content (AvgIpc) is 3.15. The maximum Gasteiger partial charge on any atom is 0.410 e. The standard InChI is InChI=1S/C23H19ClF6N4O4/c1-9(24)20(23(28,29)30)32-22(38)12-6-34(18-13(26)4-10(25)5-14(18)27)21-11(19(12)37)2-3-17(31-21)33-7-15(35)16(36)8-33/h2-6,9,15-16,20,35-36H,7-8H2,1H3,(H,32,38)/t9?,15-,16-,20?/m1/s1. The number of benzene rings is 1. The van der Waals surface area contributed by atoms with Crippen LogP contribution in [0.1, 0.15) is 17.3 Å². The maximum absolute atomic E-state index is 14.8. The summed E-state index contributed by atoms with van der Waals surface area (Å²) in [5.74, 6) is -5.65. The summed E-state index contributed by atoms with van der Waals surface area (Å²) in [7, 11) is 0. The number of amides is 1. The first kappa shape index (κ1) is 27.7. The molecular formula is C23H19ClF6N4O4. The van der Waals surface area contributed by atoms with Gasteiger partial charge in [0, 0.05) is 31.4 Å². The molecule has 15 heteroatoms. The molecule has 3 aromatic rings. The first-order chi connectivity index (χ1) is 17.7. The summed E-state index contributed by atoms with van der Waals surface area (Å²) < 4.78 is 83.9. The number of aliphatic hydroxyl groups is 2. The minimum Gasteiger partial charge on any atom is -0.389 e. The number of carbonyl (C=O) groups excluding carboxylic acids is 1. The Morgan fingerprint density at radius 2 is 1.71 bits per heavy atom. The van der Waals surface area contributed by atoms with E-state index >= 15 is 0 Å². The Labute approximate surface area is 215 Å². The molecular weight excluding hydrogens is 546 g/mol. The van der Waals surface area contributed by atoms with E-state index in [1.807, 2.05) is 0 Å². The van der Waals surface area contributed by atoms with Crippen LogP contribution >= 0.6 is 11.6 Å². The molecule has 3 heterocycles. The van der Waals surface area contributed by atoms with Gasteiger partial charge in [-0.2, -0.15) is 13.2 Å². The van der Waals surface area contributed by atoms with Gasteiger partial charge >= 0.3 is 6.18 Å². The van der Waals surface area contributed by atoms with Crippen molar-refractivity contribution < 1.29 is 41.4 Å². The SMILES string of the molecule is CC(Cl)C(NC(=O)c1cn(-c2c(F)cc(F)cc2F)c2nc(N3C[C@@H](O)[C@H](O)C3)ccc2c1=O)C(F)(F)F. The van der Waals surface area contributed by atoms with Gasteiger partial charge in [-0.05, 0) is 19.1 Å². The molecule has 4 atom stereocenters. The topological polar surface area (TPSA) is 108 Å². The highest BCUT2D eigenvalue weighted by atomic mass is 35.5. The Bertz CT molecular complexity index is 1430. The Kier molecular flexibility index (Phi) is 7.34. The molecule has 1 aliphatic rings. The molecule has 2 aromatic heterocycles. The van der Waals surface area contributed by atoms with Crippen LogP contribution in [-0.2, 0) is 0 Å². The van der Waals surface area contributed by atoms with Crippen LogP contribution in [0.15, 0.2) is 35.3 Å². The molecule has 1 aromatic carbocycles. The Balaban J connectivity index is 1.94. The number of β-amino-alcohol motifs (C(OH)–C–C–N with tert-alkyl or cyclic N) is 2. The van der Waals surface area contributed by atoms with E-state index < -0.39 is 80.9 Å². The van der Waals surface area contributed by atoms with Crippen LogP contribution in [0, 0.1) is 17.5 Å². The Morgan fingerprint density at radius 3 is 2.24 bits per heavy atom. The number of hydrogen-bond donors (Lipinski definition) is 3. The van der Waals surface area contributed by atoms with Gasteiger partial charge in [-0.15, -0.1) is 11.6 Å². The van der Waals surface area contributed by atoms with Gasteiger partial charge in [0.2, 0.25) is 5.43 Å². The number of anilines is 1. The van der Waals surface area contributed by atoms with Crippen molar-refractivity contribution in [2.45, 2.75) is 36.7 Å². The van der Waals surface area contributed by atoms with Crippen molar-refractivity contribution >= 4 is 34.4 Å². The number of pyridine rings is 2. The molecule has 8 nitrogen and oxygen atoms in total. The van der Waals surface area contributed by atoms with Crippen molar-refractivity contribution in [1.82, 2.24) is 14.9 Å². The number of carbonyl (C=O) groups is 1. The Hall–Kier alpha value is -3.36. The predicted molar refractivity (Wildman–Crippen MR) is 124 cm³/mol. The molecule has 1 aliphatic heterocycles. The lowest BCUT2D eigenvalue weighted by atomic mass is 10.1. The molecule has 1 amide bonds. The fraction of sp³-hybridized carbons (Fsp3) is 0.348. The predicted octanol–water partition coefficient (Wildman–Crippen LogP) is 2.63. The number of hydrogen-bond acceptors (Lipinski definition) is 6. The highest BCUT2D eigenvalue weighted by molar-refractivity contribution is 6.21. The third-order valence-electron chi connectivity index (χ3n) is 5.98. The minimum atomic E-state index is -4.98. The molecule has 204 valence electrons. The van der Waals surface area contributed by atoms with E-state index in [9.17, 15) is 46.1 Å². The lowest BCUT2D eigenvalue weighted by Crippen LogP contribution is -2.51. The third-order valence-corrected chi connectivity index (χ3v) is 6.24. The number of nitrogens with one attached hydrogen (secondary N) is 1. The van der Waals surface area contributed by atoms with Crippen LogP contribution in [0.4, 0.5) is 32.2 Å². The van der Waals surface area contributed by atoms with Crippen molar-refractivity contribution in [2.24, 2.45) is 0 Å². The highest BCUT2D eigenvalue weighted by Gasteiger charge is 2.44. The first-order valence-corrected chi connectivity index (χ1v) is 11.5. The van der Waals surface area contributed by atoms with E-state index in [2.05, 4.69) is 4.98 Å². The van der Waals surface area contributed by atoms with Gasteiger partial charge in [-0.1, -0.05) is 0 Å². The molecule has 2 unspecified atom stereocenters. The molecule has 0 radical (unpaired) electrons. The number of aliphatic hydroxyl groups excluding tert-OH is 2. The van der Waals surface area contributed by atoms with Gasteiger partial charge in [0.1, 0.15) is 28.9 Å². The molecule has 1 saturated heterocycles. The Morgan fingerprint density at radius 1 is 1.13 bits per heavy atom. The van der Waals surface area contributed by atoms with E-state index in [0.717, 1.165) is 13.0 Å². The van der Waals surface area contributed by atoms with Gasteiger partial charge in [0.05, 0.1) is 23.0 Å². The number of halogens is 7. The van der Waals surface area contributed by atoms with Crippen LogP contribution in [0.2, 0.25) is 0 Å². The van der Waals surface area contributed by atoms with Gasteiger partial charge in [0.25, 0.3) is 5.91 Å². The molecule has 1 fully saturated rings. The van der Waals surface area contributed by atoms with Crippen LogP contribution in [0.5, 0.6) is 0 Å². The van der Waals surface area contributed by atoms with Crippen LogP contribution in [0.25, 0.3) is 16.7 Å². The maximum atomic E-state index is 14.8. The summed E-state index contributed by atoms with van der Waals surface area (Å²) in [6.45, 7) is 0.831. The van der Waals surface area contributed by atoms with Crippen LogP contribution < -0.4 is 15.6 Å². The van der Waals surface area contributed by atoms with Gasteiger partial charge in [-0.25, -0.2) is 18.2 Å². The molecule has 3 N–H and O–H groups in total. The molecule has 38 heavy (non-hydrogen) atoms. The minimum absolute atomic E-state index is 0.0643. The fourth-order valence-corrected chi connectivity index (χ4v) is 4.30.